The Kier molecular flexibility index (Phi) is 3.55. The number of pyridine rings is 1. The first-order valence-electron chi connectivity index (χ1n) is 9.08. The average molecular weight is 348 g/mol. The van der Waals surface area contributed by atoms with Gasteiger partial charge in [0.2, 0.25) is 5.65 Å². The highest BCUT2D eigenvalue weighted by Crippen LogP contribution is 2.31. The van der Waals surface area contributed by atoms with Gasteiger partial charge >= 0.3 is 0 Å². The van der Waals surface area contributed by atoms with Gasteiger partial charge in [-0.2, -0.15) is 9.61 Å². The van der Waals surface area contributed by atoms with Crippen LogP contribution in [-0.2, 0) is 6.42 Å². The van der Waals surface area contributed by atoms with Crippen molar-refractivity contribution in [2.45, 2.75) is 32.1 Å². The van der Waals surface area contributed by atoms with Crippen LogP contribution in [0.4, 0.5) is 5.69 Å². The first-order valence-corrected chi connectivity index (χ1v) is 9.08. The van der Waals surface area contributed by atoms with Crippen molar-refractivity contribution >= 4 is 17.0 Å². The first-order chi connectivity index (χ1) is 12.8. The van der Waals surface area contributed by atoms with Crippen molar-refractivity contribution < 1.29 is 0 Å². The summed E-state index contributed by atoms with van der Waals surface area (Å²) in [4.78, 5) is 2.39. The summed E-state index contributed by atoms with van der Waals surface area (Å²) in [5.41, 5.74) is 3.92. The summed E-state index contributed by atoms with van der Waals surface area (Å²) in [7, 11) is 0. The van der Waals surface area contributed by atoms with E-state index in [0.29, 0.717) is 5.92 Å². The van der Waals surface area contributed by atoms with Crippen LogP contribution in [0.1, 0.15) is 37.2 Å². The number of hydrogen-bond donors (Lipinski definition) is 0. The van der Waals surface area contributed by atoms with E-state index >= 15 is 0 Å². The molecule has 0 radical (unpaired) electrons. The van der Waals surface area contributed by atoms with Crippen molar-refractivity contribution in [3.8, 4) is 0 Å². The molecule has 0 saturated carbocycles. The predicted molar refractivity (Wildman–Crippen MR) is 97.3 cm³/mol. The van der Waals surface area contributed by atoms with Gasteiger partial charge in [-0.3, -0.25) is 4.40 Å². The van der Waals surface area contributed by atoms with Gasteiger partial charge in [0, 0.05) is 25.2 Å². The van der Waals surface area contributed by atoms with E-state index in [1.807, 2.05) is 24.4 Å². The van der Waals surface area contributed by atoms with Gasteiger partial charge in [-0.05, 0) is 37.5 Å². The smallest absolute Gasteiger partial charge is 0.200 e. The molecule has 0 unspecified atom stereocenters. The van der Waals surface area contributed by atoms with E-state index in [0.717, 1.165) is 60.9 Å². The average Bonchev–Trinajstić information content (AvgIpc) is 3.34. The zero-order valence-corrected chi connectivity index (χ0v) is 14.7. The highest BCUT2D eigenvalue weighted by atomic mass is 15.4. The summed E-state index contributed by atoms with van der Waals surface area (Å²) in [5, 5.41) is 21.6. The Bertz CT molecular complexity index is 1060. The Morgan fingerprint density at radius 2 is 2.00 bits per heavy atom. The number of aryl methyl sites for hydroxylation is 1. The molecule has 8 heteroatoms. The third-order valence-corrected chi connectivity index (χ3v) is 5.20. The van der Waals surface area contributed by atoms with Gasteiger partial charge in [-0.1, -0.05) is 13.0 Å². The maximum absolute atomic E-state index is 4.54. The Hall–Kier alpha value is -3.03. The van der Waals surface area contributed by atoms with Crippen LogP contribution in [0.2, 0.25) is 0 Å². The fourth-order valence-electron chi connectivity index (χ4n) is 3.78. The lowest BCUT2D eigenvalue weighted by molar-refractivity contribution is 0.482. The Morgan fingerprint density at radius 3 is 2.85 bits per heavy atom. The van der Waals surface area contributed by atoms with E-state index in [1.54, 1.807) is 10.8 Å². The molecule has 8 nitrogen and oxygen atoms in total. The highest BCUT2D eigenvalue weighted by Gasteiger charge is 2.26. The monoisotopic (exact) mass is 348 g/mol. The molecule has 0 aromatic carbocycles. The molecule has 132 valence electrons. The van der Waals surface area contributed by atoms with E-state index < -0.39 is 0 Å². The summed E-state index contributed by atoms with van der Waals surface area (Å²) in [5.74, 6) is 1.49. The number of aromatic nitrogens is 7. The molecular weight excluding hydrogens is 328 g/mol. The predicted octanol–water partition coefficient (Wildman–Crippen LogP) is 2.11. The van der Waals surface area contributed by atoms with Crippen molar-refractivity contribution in [3.05, 3.63) is 48.3 Å². The van der Waals surface area contributed by atoms with Crippen molar-refractivity contribution in [2.75, 3.05) is 18.0 Å². The van der Waals surface area contributed by atoms with Gasteiger partial charge in [0.05, 0.1) is 11.4 Å². The minimum atomic E-state index is 0.421. The lowest BCUT2D eigenvalue weighted by Crippen LogP contribution is -2.34. The van der Waals surface area contributed by atoms with Gasteiger partial charge in [-0.15, -0.1) is 20.4 Å². The molecule has 0 N–H and O–H groups in total. The van der Waals surface area contributed by atoms with Crippen LogP contribution < -0.4 is 4.90 Å². The summed E-state index contributed by atoms with van der Waals surface area (Å²) in [6.07, 6.45) is 6.70. The molecule has 4 aromatic heterocycles. The normalized spacial score (nSPS) is 16.0. The van der Waals surface area contributed by atoms with Crippen molar-refractivity contribution in [1.29, 1.82) is 0 Å². The number of hydrogen-bond acceptors (Lipinski definition) is 6. The van der Waals surface area contributed by atoms with Crippen LogP contribution in [-0.4, -0.2) is 47.5 Å². The van der Waals surface area contributed by atoms with Crippen LogP contribution in [0.15, 0.2) is 36.8 Å². The minimum absolute atomic E-state index is 0.421. The second kappa shape index (κ2) is 6.05. The maximum atomic E-state index is 4.54. The molecule has 0 bridgehead atoms. The number of rotatable bonds is 3. The molecule has 1 fully saturated rings. The maximum Gasteiger partial charge on any atom is 0.200 e. The number of nitrogens with zero attached hydrogens (tertiary/aromatic N) is 8. The van der Waals surface area contributed by atoms with Crippen molar-refractivity contribution in [3.63, 3.8) is 0 Å². The molecule has 1 aliphatic rings. The Labute approximate surface area is 150 Å². The third-order valence-electron chi connectivity index (χ3n) is 5.20. The van der Waals surface area contributed by atoms with Gasteiger partial charge < -0.3 is 4.90 Å². The molecule has 0 atom stereocenters. The summed E-state index contributed by atoms with van der Waals surface area (Å²) in [6, 6.07) is 8.17. The van der Waals surface area contributed by atoms with Crippen LogP contribution in [0.25, 0.3) is 11.3 Å². The number of fused-ring (bicyclic) bond motifs is 2. The Balaban J connectivity index is 1.41. The topological polar surface area (TPSA) is 76.5 Å². The van der Waals surface area contributed by atoms with Gasteiger partial charge in [0.1, 0.15) is 12.2 Å². The molecule has 0 aliphatic carbocycles. The quantitative estimate of drug-likeness (QED) is 0.564. The summed E-state index contributed by atoms with van der Waals surface area (Å²) < 4.78 is 3.89. The molecule has 0 amide bonds. The number of piperidine rings is 1. The fourth-order valence-corrected chi connectivity index (χ4v) is 3.78. The largest absolute Gasteiger partial charge is 0.368 e. The molecule has 5 heterocycles. The van der Waals surface area contributed by atoms with E-state index in [4.69, 9.17) is 0 Å². The van der Waals surface area contributed by atoms with E-state index in [-0.39, 0.29) is 0 Å². The molecule has 5 rings (SSSR count). The van der Waals surface area contributed by atoms with Crippen LogP contribution in [0, 0.1) is 0 Å². The van der Waals surface area contributed by atoms with Gasteiger partial charge in [-0.25, -0.2) is 0 Å². The van der Waals surface area contributed by atoms with E-state index in [2.05, 4.69) is 47.8 Å². The first kappa shape index (κ1) is 15.2. The molecule has 1 saturated heterocycles. The van der Waals surface area contributed by atoms with Crippen LogP contribution >= 0.6 is 0 Å². The van der Waals surface area contributed by atoms with Crippen LogP contribution in [0.5, 0.6) is 0 Å². The number of anilines is 1. The van der Waals surface area contributed by atoms with Crippen molar-refractivity contribution in [1.82, 2.24) is 34.4 Å². The van der Waals surface area contributed by atoms with Crippen molar-refractivity contribution in [2.24, 2.45) is 0 Å². The fraction of sp³-hybridized carbons (Fsp3) is 0.389. The van der Waals surface area contributed by atoms with E-state index in [1.165, 1.54) is 0 Å². The molecule has 0 spiro atoms. The molecular formula is C18H20N8. The zero-order valence-electron chi connectivity index (χ0n) is 14.7. The summed E-state index contributed by atoms with van der Waals surface area (Å²) in [6.45, 7) is 4.04. The molecule has 1 aliphatic heterocycles. The highest BCUT2D eigenvalue weighted by molar-refractivity contribution is 5.68. The van der Waals surface area contributed by atoms with Gasteiger partial charge in [0.15, 0.2) is 5.65 Å². The lowest BCUT2D eigenvalue weighted by atomic mass is 9.95. The SMILES string of the molecule is CCc1cc(N2CCC(c3nnc4ccccn34)CC2)c2nncn2n1. The Morgan fingerprint density at radius 1 is 1.12 bits per heavy atom. The van der Waals surface area contributed by atoms with Crippen LogP contribution in [0.3, 0.4) is 0 Å². The second-order valence-corrected chi connectivity index (χ2v) is 6.72. The zero-order chi connectivity index (χ0) is 17.5. The lowest BCUT2D eigenvalue weighted by Gasteiger charge is -2.33. The second-order valence-electron chi connectivity index (χ2n) is 6.72. The molecule has 4 aromatic rings. The molecule has 26 heavy (non-hydrogen) atoms. The van der Waals surface area contributed by atoms with E-state index in [9.17, 15) is 0 Å². The minimum Gasteiger partial charge on any atom is -0.368 e. The summed E-state index contributed by atoms with van der Waals surface area (Å²) >= 11 is 0. The third kappa shape index (κ3) is 2.40. The standard InChI is InChI=1S/C18H20N8/c1-2-14-11-15(18-21-19-12-26(18)23-14)24-9-6-13(7-10-24)17-22-20-16-5-3-4-8-25(16)17/h3-5,8,11-13H,2,6-7,9-10H2,1H3. The van der Waals surface area contributed by atoms with Gasteiger partial charge in [0.25, 0.3) is 0 Å².